The molecule has 0 saturated heterocycles. The molecule has 0 spiro atoms. The van der Waals surface area contributed by atoms with Gasteiger partial charge in [-0.05, 0) is 35.9 Å². The highest BCUT2D eigenvalue weighted by molar-refractivity contribution is 6.37. The standard InChI is InChI=1S/C18H15Cl2FO4/c1-23-16-6-10(7-17(24-2)18(16)25-3)4-5-15(22)11-8-14(21)13(20)9-12(11)19/h4-9H,1-3H3/b5-4+. The zero-order chi connectivity index (χ0) is 18.6. The Kier molecular flexibility index (Phi) is 6.28. The number of benzene rings is 2. The van der Waals surface area contributed by atoms with Crippen LogP contribution in [0.2, 0.25) is 10.0 Å². The Balaban J connectivity index is 2.36. The van der Waals surface area contributed by atoms with E-state index in [4.69, 9.17) is 37.4 Å². The van der Waals surface area contributed by atoms with Gasteiger partial charge in [-0.1, -0.05) is 29.3 Å². The van der Waals surface area contributed by atoms with Gasteiger partial charge >= 0.3 is 0 Å². The summed E-state index contributed by atoms with van der Waals surface area (Å²) in [4.78, 5) is 12.3. The molecule has 0 amide bonds. The van der Waals surface area contributed by atoms with E-state index in [0.29, 0.717) is 22.8 Å². The highest BCUT2D eigenvalue weighted by atomic mass is 35.5. The molecule has 4 nitrogen and oxygen atoms in total. The van der Waals surface area contributed by atoms with Crippen LogP contribution in [0.25, 0.3) is 6.08 Å². The van der Waals surface area contributed by atoms with Gasteiger partial charge in [0.25, 0.3) is 0 Å². The number of hydrogen-bond acceptors (Lipinski definition) is 4. The van der Waals surface area contributed by atoms with Gasteiger partial charge in [-0.3, -0.25) is 4.79 Å². The predicted octanol–water partition coefficient (Wildman–Crippen LogP) is 5.05. The molecule has 25 heavy (non-hydrogen) atoms. The molecule has 2 aromatic carbocycles. The van der Waals surface area contributed by atoms with Crippen LogP contribution in [0.4, 0.5) is 4.39 Å². The summed E-state index contributed by atoms with van der Waals surface area (Å²) < 4.78 is 29.3. The highest BCUT2D eigenvalue weighted by Crippen LogP contribution is 2.38. The number of allylic oxidation sites excluding steroid dienone is 1. The van der Waals surface area contributed by atoms with E-state index in [1.165, 1.54) is 39.5 Å². The van der Waals surface area contributed by atoms with Crippen molar-refractivity contribution in [3.63, 3.8) is 0 Å². The third-order valence-corrected chi connectivity index (χ3v) is 3.99. The summed E-state index contributed by atoms with van der Waals surface area (Å²) in [6, 6.07) is 5.55. The van der Waals surface area contributed by atoms with Gasteiger partial charge in [-0.15, -0.1) is 0 Å². The molecule has 0 aliphatic heterocycles. The van der Waals surface area contributed by atoms with Gasteiger partial charge in [-0.2, -0.15) is 0 Å². The van der Waals surface area contributed by atoms with Gasteiger partial charge in [0.2, 0.25) is 5.75 Å². The van der Waals surface area contributed by atoms with E-state index in [2.05, 4.69) is 0 Å². The van der Waals surface area contributed by atoms with Crippen molar-refractivity contribution in [2.45, 2.75) is 0 Å². The highest BCUT2D eigenvalue weighted by Gasteiger charge is 2.14. The van der Waals surface area contributed by atoms with Crippen molar-refractivity contribution < 1.29 is 23.4 Å². The van der Waals surface area contributed by atoms with Crippen molar-refractivity contribution in [2.75, 3.05) is 21.3 Å². The molecular formula is C18H15Cl2FO4. The number of rotatable bonds is 6. The maximum absolute atomic E-state index is 13.5. The minimum Gasteiger partial charge on any atom is -0.493 e. The summed E-state index contributed by atoms with van der Waals surface area (Å²) in [7, 11) is 4.48. The molecule has 132 valence electrons. The van der Waals surface area contributed by atoms with Crippen molar-refractivity contribution in [2.24, 2.45) is 0 Å². The number of ether oxygens (including phenoxy) is 3. The fourth-order valence-electron chi connectivity index (χ4n) is 2.17. The summed E-state index contributed by atoms with van der Waals surface area (Å²) in [5, 5.41) is -0.0684. The van der Waals surface area contributed by atoms with Crippen LogP contribution in [0.15, 0.2) is 30.3 Å². The molecule has 0 saturated carbocycles. The lowest BCUT2D eigenvalue weighted by Gasteiger charge is -2.12. The number of hydrogen-bond donors (Lipinski definition) is 0. The Morgan fingerprint density at radius 1 is 0.960 bits per heavy atom. The van der Waals surface area contributed by atoms with Crippen molar-refractivity contribution in [1.29, 1.82) is 0 Å². The van der Waals surface area contributed by atoms with Gasteiger partial charge in [0.05, 0.1) is 31.4 Å². The fourth-order valence-corrected chi connectivity index (χ4v) is 2.65. The smallest absolute Gasteiger partial charge is 0.203 e. The average Bonchev–Trinajstić information content (AvgIpc) is 2.61. The Labute approximate surface area is 154 Å². The van der Waals surface area contributed by atoms with Gasteiger partial charge < -0.3 is 14.2 Å². The van der Waals surface area contributed by atoms with E-state index < -0.39 is 11.6 Å². The van der Waals surface area contributed by atoms with Crippen LogP contribution in [0.3, 0.4) is 0 Å². The van der Waals surface area contributed by atoms with Gasteiger partial charge in [0, 0.05) is 5.56 Å². The molecule has 0 aliphatic carbocycles. The zero-order valence-electron chi connectivity index (χ0n) is 13.7. The Bertz CT molecular complexity index is 809. The Morgan fingerprint density at radius 3 is 2.08 bits per heavy atom. The lowest BCUT2D eigenvalue weighted by molar-refractivity contribution is 0.104. The first-order valence-corrected chi connectivity index (χ1v) is 7.83. The van der Waals surface area contributed by atoms with Crippen molar-refractivity contribution in [1.82, 2.24) is 0 Å². The molecule has 2 rings (SSSR count). The van der Waals surface area contributed by atoms with E-state index in [1.54, 1.807) is 12.1 Å². The Morgan fingerprint density at radius 2 is 1.56 bits per heavy atom. The van der Waals surface area contributed by atoms with Crippen molar-refractivity contribution in [3.8, 4) is 17.2 Å². The molecule has 0 unspecified atom stereocenters. The quantitative estimate of drug-likeness (QED) is 0.396. The Hall–Kier alpha value is -2.24. The van der Waals surface area contributed by atoms with Gasteiger partial charge in [0.1, 0.15) is 5.82 Å². The minimum atomic E-state index is -0.712. The third-order valence-electron chi connectivity index (χ3n) is 3.39. The van der Waals surface area contributed by atoms with Crippen molar-refractivity contribution in [3.05, 3.63) is 57.3 Å². The second-order valence-electron chi connectivity index (χ2n) is 4.90. The zero-order valence-corrected chi connectivity index (χ0v) is 15.2. The lowest BCUT2D eigenvalue weighted by Crippen LogP contribution is -1.98. The molecule has 0 N–H and O–H groups in total. The number of halogens is 3. The topological polar surface area (TPSA) is 44.8 Å². The maximum Gasteiger partial charge on any atom is 0.203 e. The maximum atomic E-state index is 13.5. The van der Waals surface area contributed by atoms with Gasteiger partial charge in [0.15, 0.2) is 17.3 Å². The normalized spacial score (nSPS) is 10.8. The molecular weight excluding hydrogens is 370 g/mol. The molecule has 2 aromatic rings. The largest absolute Gasteiger partial charge is 0.493 e. The van der Waals surface area contributed by atoms with Crippen LogP contribution in [-0.4, -0.2) is 27.1 Å². The summed E-state index contributed by atoms with van der Waals surface area (Å²) in [6.45, 7) is 0. The van der Waals surface area contributed by atoms with Crippen molar-refractivity contribution >= 4 is 35.1 Å². The molecule has 0 radical (unpaired) electrons. The second-order valence-corrected chi connectivity index (χ2v) is 5.72. The SMILES string of the molecule is COc1cc(/C=C/C(=O)c2cc(F)c(Cl)cc2Cl)cc(OC)c1OC. The number of carbonyl (C=O) groups is 1. The second kappa shape index (κ2) is 8.23. The third kappa shape index (κ3) is 4.24. The van der Waals surface area contributed by atoms with Gasteiger partial charge in [-0.25, -0.2) is 4.39 Å². The number of carbonyl (C=O) groups excluding carboxylic acids is 1. The fraction of sp³-hybridized carbons (Fsp3) is 0.167. The predicted molar refractivity (Wildman–Crippen MR) is 95.9 cm³/mol. The average molecular weight is 385 g/mol. The molecule has 0 aromatic heterocycles. The molecule has 0 aliphatic rings. The van der Waals surface area contributed by atoms with E-state index >= 15 is 0 Å². The minimum absolute atomic E-state index is 0.0206. The first kappa shape index (κ1) is 19.1. The first-order chi connectivity index (χ1) is 11.9. The number of ketones is 1. The number of methoxy groups -OCH3 is 3. The summed E-state index contributed by atoms with van der Waals surface area (Å²) in [5.41, 5.74) is 0.653. The van der Waals surface area contributed by atoms with Crippen LogP contribution >= 0.6 is 23.2 Å². The lowest BCUT2D eigenvalue weighted by atomic mass is 10.1. The molecule has 0 atom stereocenters. The summed E-state index contributed by atoms with van der Waals surface area (Å²) in [6.07, 6.45) is 2.81. The molecule has 0 fully saturated rings. The first-order valence-electron chi connectivity index (χ1n) is 7.08. The van der Waals surface area contributed by atoms with Crippen LogP contribution in [0, 0.1) is 5.82 Å². The molecule has 0 heterocycles. The van der Waals surface area contributed by atoms with Crippen LogP contribution in [0.5, 0.6) is 17.2 Å². The summed E-state index contributed by atoms with van der Waals surface area (Å²) >= 11 is 11.6. The monoisotopic (exact) mass is 384 g/mol. The van der Waals surface area contributed by atoms with E-state index in [0.717, 1.165) is 6.07 Å². The summed E-state index contributed by atoms with van der Waals surface area (Å²) in [5.74, 6) is 0.162. The van der Waals surface area contributed by atoms with Crippen LogP contribution in [-0.2, 0) is 0 Å². The van der Waals surface area contributed by atoms with E-state index in [1.807, 2.05) is 0 Å². The van der Waals surface area contributed by atoms with E-state index in [-0.39, 0.29) is 15.6 Å². The molecule has 0 bridgehead atoms. The van der Waals surface area contributed by atoms with Crippen LogP contribution < -0.4 is 14.2 Å². The van der Waals surface area contributed by atoms with Crippen LogP contribution in [0.1, 0.15) is 15.9 Å². The van der Waals surface area contributed by atoms with E-state index in [9.17, 15) is 9.18 Å². The molecule has 7 heteroatoms.